The number of halogens is 1. The van der Waals surface area contributed by atoms with Gasteiger partial charge in [0.2, 0.25) is 0 Å². The number of hydrogen-bond acceptors (Lipinski definition) is 3. The van der Waals surface area contributed by atoms with Crippen LogP contribution in [-0.4, -0.2) is 10.9 Å². The second-order valence-electron chi connectivity index (χ2n) is 6.69. The minimum Gasteiger partial charge on any atom is -0.345 e. The molecule has 1 atom stereocenters. The van der Waals surface area contributed by atoms with E-state index in [2.05, 4.69) is 5.32 Å². The minimum atomic E-state index is -0.118. The molecule has 0 aliphatic rings. The van der Waals surface area contributed by atoms with Crippen LogP contribution in [0.2, 0.25) is 5.02 Å². The van der Waals surface area contributed by atoms with Gasteiger partial charge in [0.05, 0.1) is 17.1 Å². The summed E-state index contributed by atoms with van der Waals surface area (Å²) in [6, 6.07) is 27.0. The maximum Gasteiger partial charge on any atom is 0.252 e. The van der Waals surface area contributed by atoms with Crippen LogP contribution in [0.15, 0.2) is 94.9 Å². The standard InChI is InChI=1S/C24H19ClN2OS/c1-16(17-8-3-2-4-9-17)26-24(28)21-15-23(27-22-13-6-5-12-20(21)22)29-19-11-7-10-18(25)14-19/h2-16H,1H3,(H,26,28)/t16-/m1/s1. The van der Waals surface area contributed by atoms with Crippen LogP contribution in [0.3, 0.4) is 0 Å². The Hall–Kier alpha value is -2.82. The Morgan fingerprint density at radius 3 is 2.52 bits per heavy atom. The van der Waals surface area contributed by atoms with Crippen molar-refractivity contribution in [3.05, 3.63) is 101 Å². The molecule has 0 saturated carbocycles. The number of rotatable bonds is 5. The molecule has 0 radical (unpaired) electrons. The van der Waals surface area contributed by atoms with E-state index in [9.17, 15) is 4.79 Å². The number of benzene rings is 3. The number of carbonyl (C=O) groups is 1. The summed E-state index contributed by atoms with van der Waals surface area (Å²) < 4.78 is 0. The molecule has 0 spiro atoms. The highest BCUT2D eigenvalue weighted by molar-refractivity contribution is 7.99. The van der Waals surface area contributed by atoms with E-state index >= 15 is 0 Å². The highest BCUT2D eigenvalue weighted by atomic mass is 35.5. The highest BCUT2D eigenvalue weighted by Crippen LogP contribution is 2.31. The number of carbonyl (C=O) groups excluding carboxylic acids is 1. The van der Waals surface area contributed by atoms with Crippen molar-refractivity contribution >= 4 is 40.2 Å². The van der Waals surface area contributed by atoms with Crippen molar-refractivity contribution in [3.63, 3.8) is 0 Å². The average Bonchev–Trinajstić information content (AvgIpc) is 2.73. The van der Waals surface area contributed by atoms with Crippen LogP contribution in [0.5, 0.6) is 0 Å². The Labute approximate surface area is 179 Å². The molecule has 0 unspecified atom stereocenters. The predicted molar refractivity (Wildman–Crippen MR) is 120 cm³/mol. The summed E-state index contributed by atoms with van der Waals surface area (Å²) in [6.07, 6.45) is 0. The molecule has 3 nitrogen and oxygen atoms in total. The fourth-order valence-electron chi connectivity index (χ4n) is 3.14. The van der Waals surface area contributed by atoms with Gasteiger partial charge in [-0.1, -0.05) is 78.0 Å². The van der Waals surface area contributed by atoms with Crippen molar-refractivity contribution in [2.45, 2.75) is 22.9 Å². The Balaban J connectivity index is 1.68. The van der Waals surface area contributed by atoms with Gasteiger partial charge >= 0.3 is 0 Å². The van der Waals surface area contributed by atoms with E-state index in [1.807, 2.05) is 91.9 Å². The van der Waals surface area contributed by atoms with Gasteiger partial charge in [-0.2, -0.15) is 0 Å². The molecule has 0 fully saturated rings. The maximum absolute atomic E-state index is 13.1. The molecule has 1 N–H and O–H groups in total. The number of hydrogen-bond donors (Lipinski definition) is 1. The van der Waals surface area contributed by atoms with Gasteiger partial charge in [-0.05, 0) is 42.8 Å². The van der Waals surface area contributed by atoms with E-state index in [4.69, 9.17) is 16.6 Å². The number of aromatic nitrogens is 1. The van der Waals surface area contributed by atoms with Crippen LogP contribution < -0.4 is 5.32 Å². The molecule has 5 heteroatoms. The van der Waals surface area contributed by atoms with E-state index in [-0.39, 0.29) is 11.9 Å². The summed E-state index contributed by atoms with van der Waals surface area (Å²) in [7, 11) is 0. The van der Waals surface area contributed by atoms with Gasteiger partial charge in [0.15, 0.2) is 0 Å². The Morgan fingerprint density at radius 1 is 0.966 bits per heavy atom. The van der Waals surface area contributed by atoms with Crippen molar-refractivity contribution in [2.24, 2.45) is 0 Å². The summed E-state index contributed by atoms with van der Waals surface area (Å²) in [5.41, 5.74) is 2.47. The lowest BCUT2D eigenvalue weighted by molar-refractivity contribution is 0.0941. The van der Waals surface area contributed by atoms with E-state index in [1.165, 1.54) is 11.8 Å². The number of nitrogens with zero attached hydrogens (tertiary/aromatic N) is 1. The molecule has 4 rings (SSSR count). The lowest BCUT2D eigenvalue weighted by Gasteiger charge is -2.16. The lowest BCUT2D eigenvalue weighted by Crippen LogP contribution is -2.27. The first-order chi connectivity index (χ1) is 14.1. The first-order valence-corrected chi connectivity index (χ1v) is 10.5. The first-order valence-electron chi connectivity index (χ1n) is 9.29. The summed E-state index contributed by atoms with van der Waals surface area (Å²) in [5, 5.41) is 5.37. The Kier molecular flexibility index (Phi) is 5.84. The normalized spacial score (nSPS) is 11.9. The van der Waals surface area contributed by atoms with Crippen LogP contribution >= 0.6 is 23.4 Å². The molecule has 4 aromatic rings. The number of fused-ring (bicyclic) bond motifs is 1. The molecule has 0 aliphatic heterocycles. The third kappa shape index (κ3) is 4.61. The quantitative estimate of drug-likeness (QED) is 0.400. The van der Waals surface area contributed by atoms with Gasteiger partial charge in [0.25, 0.3) is 5.91 Å². The van der Waals surface area contributed by atoms with E-state index in [0.29, 0.717) is 10.6 Å². The summed E-state index contributed by atoms with van der Waals surface area (Å²) >= 11 is 7.59. The zero-order chi connectivity index (χ0) is 20.2. The first kappa shape index (κ1) is 19.5. The van der Waals surface area contributed by atoms with Gasteiger partial charge in [-0.25, -0.2) is 4.98 Å². The number of pyridine rings is 1. The SMILES string of the molecule is C[C@@H](NC(=O)c1cc(Sc2cccc(Cl)c2)nc2ccccc12)c1ccccc1. The third-order valence-corrected chi connectivity index (χ3v) is 5.75. The van der Waals surface area contributed by atoms with Crippen molar-refractivity contribution in [1.29, 1.82) is 0 Å². The molecular formula is C24H19ClN2OS. The van der Waals surface area contributed by atoms with Gasteiger partial charge in [-0.15, -0.1) is 0 Å². The maximum atomic E-state index is 13.1. The second kappa shape index (κ2) is 8.68. The average molecular weight is 419 g/mol. The summed E-state index contributed by atoms with van der Waals surface area (Å²) in [6.45, 7) is 1.98. The molecule has 1 heterocycles. The summed E-state index contributed by atoms with van der Waals surface area (Å²) in [4.78, 5) is 18.8. The molecule has 29 heavy (non-hydrogen) atoms. The molecule has 3 aromatic carbocycles. The number of para-hydroxylation sites is 1. The number of amides is 1. The van der Waals surface area contributed by atoms with Crippen molar-refractivity contribution in [2.75, 3.05) is 0 Å². The van der Waals surface area contributed by atoms with E-state index < -0.39 is 0 Å². The van der Waals surface area contributed by atoms with E-state index in [1.54, 1.807) is 0 Å². The lowest BCUT2D eigenvalue weighted by atomic mass is 10.1. The second-order valence-corrected chi connectivity index (χ2v) is 8.22. The van der Waals surface area contributed by atoms with Crippen LogP contribution in [0.25, 0.3) is 10.9 Å². The Bertz CT molecular complexity index is 1160. The zero-order valence-electron chi connectivity index (χ0n) is 15.8. The largest absolute Gasteiger partial charge is 0.345 e. The zero-order valence-corrected chi connectivity index (χ0v) is 17.4. The molecule has 144 valence electrons. The summed E-state index contributed by atoms with van der Waals surface area (Å²) in [5.74, 6) is -0.118. The smallest absolute Gasteiger partial charge is 0.252 e. The molecular weight excluding hydrogens is 400 g/mol. The van der Waals surface area contributed by atoms with Crippen molar-refractivity contribution in [1.82, 2.24) is 10.3 Å². The van der Waals surface area contributed by atoms with Crippen molar-refractivity contribution < 1.29 is 4.79 Å². The molecule has 0 saturated heterocycles. The number of nitrogens with one attached hydrogen (secondary N) is 1. The molecule has 0 aliphatic carbocycles. The molecule has 1 amide bonds. The van der Waals surface area contributed by atoms with Crippen molar-refractivity contribution in [3.8, 4) is 0 Å². The van der Waals surface area contributed by atoms with Gasteiger partial charge in [0, 0.05) is 15.3 Å². The van der Waals surface area contributed by atoms with E-state index in [0.717, 1.165) is 26.4 Å². The third-order valence-electron chi connectivity index (χ3n) is 4.60. The molecule has 0 bridgehead atoms. The van der Waals surface area contributed by atoms with Gasteiger partial charge in [0.1, 0.15) is 5.03 Å². The minimum absolute atomic E-state index is 0.0975. The molecule has 1 aromatic heterocycles. The fraction of sp³-hybridized carbons (Fsp3) is 0.0833. The predicted octanol–water partition coefficient (Wildman–Crippen LogP) is 6.53. The van der Waals surface area contributed by atoms with Crippen LogP contribution in [-0.2, 0) is 0 Å². The monoisotopic (exact) mass is 418 g/mol. The Morgan fingerprint density at radius 2 is 1.72 bits per heavy atom. The van der Waals surface area contributed by atoms with Crippen LogP contribution in [0, 0.1) is 0 Å². The van der Waals surface area contributed by atoms with Crippen LogP contribution in [0.4, 0.5) is 0 Å². The van der Waals surface area contributed by atoms with Gasteiger partial charge < -0.3 is 5.32 Å². The van der Waals surface area contributed by atoms with Crippen LogP contribution in [0.1, 0.15) is 28.9 Å². The highest BCUT2D eigenvalue weighted by Gasteiger charge is 2.16. The fourth-order valence-corrected chi connectivity index (χ4v) is 4.29. The van der Waals surface area contributed by atoms with Gasteiger partial charge in [-0.3, -0.25) is 4.79 Å². The topological polar surface area (TPSA) is 42.0 Å².